The molecule has 0 atom stereocenters. The maximum atomic E-state index is 5.09. The van der Waals surface area contributed by atoms with E-state index in [0.717, 1.165) is 15.9 Å². The van der Waals surface area contributed by atoms with Gasteiger partial charge < -0.3 is 4.74 Å². The van der Waals surface area contributed by atoms with Crippen LogP contribution in [0.15, 0.2) is 35.5 Å². The third-order valence-corrected chi connectivity index (χ3v) is 2.31. The first-order valence-electron chi connectivity index (χ1n) is 4.26. The number of rotatable bonds is 2. The molecule has 2 heterocycles. The SMILES string of the molecule is COc1cncc(-c2cc(Br)ncn2)c1. The molecule has 2 rings (SSSR count). The number of pyridine rings is 1. The van der Waals surface area contributed by atoms with E-state index in [4.69, 9.17) is 4.74 Å². The molecule has 76 valence electrons. The standard InChI is InChI=1S/C10H8BrN3O/c1-15-8-2-7(4-12-5-8)9-3-10(11)14-6-13-9/h2-6H,1H3. The van der Waals surface area contributed by atoms with Gasteiger partial charge in [-0.1, -0.05) is 0 Å². The first kappa shape index (κ1) is 10.0. The second-order valence-electron chi connectivity index (χ2n) is 2.84. The Labute approximate surface area is 95.5 Å². The Kier molecular flexibility index (Phi) is 2.91. The quantitative estimate of drug-likeness (QED) is 0.782. The summed E-state index contributed by atoms with van der Waals surface area (Å²) in [4.78, 5) is 12.2. The van der Waals surface area contributed by atoms with Gasteiger partial charge >= 0.3 is 0 Å². The van der Waals surface area contributed by atoms with Crippen LogP contribution in [0, 0.1) is 0 Å². The summed E-state index contributed by atoms with van der Waals surface area (Å²) in [6.45, 7) is 0. The van der Waals surface area contributed by atoms with Crippen molar-refractivity contribution in [3.63, 3.8) is 0 Å². The highest BCUT2D eigenvalue weighted by atomic mass is 79.9. The van der Waals surface area contributed by atoms with Crippen LogP contribution in [0.3, 0.4) is 0 Å². The molecule has 0 unspecified atom stereocenters. The van der Waals surface area contributed by atoms with E-state index in [1.54, 1.807) is 19.5 Å². The van der Waals surface area contributed by atoms with Crippen LogP contribution >= 0.6 is 15.9 Å². The van der Waals surface area contributed by atoms with E-state index in [2.05, 4.69) is 30.9 Å². The molecule has 0 radical (unpaired) electrons. The molecule has 0 saturated carbocycles. The smallest absolute Gasteiger partial charge is 0.137 e. The molecule has 0 bridgehead atoms. The van der Waals surface area contributed by atoms with Crippen LogP contribution in [-0.4, -0.2) is 22.1 Å². The Morgan fingerprint density at radius 1 is 1.20 bits per heavy atom. The highest BCUT2D eigenvalue weighted by Gasteiger charge is 2.02. The van der Waals surface area contributed by atoms with Crippen LogP contribution < -0.4 is 4.74 Å². The Hall–Kier alpha value is -1.49. The molecule has 0 aromatic carbocycles. The fourth-order valence-electron chi connectivity index (χ4n) is 1.16. The predicted molar refractivity (Wildman–Crippen MR) is 59.5 cm³/mol. The lowest BCUT2D eigenvalue weighted by Gasteiger charge is -2.02. The van der Waals surface area contributed by atoms with Crippen molar-refractivity contribution >= 4 is 15.9 Å². The third kappa shape index (κ3) is 2.30. The number of hydrogen-bond acceptors (Lipinski definition) is 4. The monoisotopic (exact) mass is 265 g/mol. The molecule has 15 heavy (non-hydrogen) atoms. The van der Waals surface area contributed by atoms with Gasteiger partial charge in [-0.15, -0.1) is 0 Å². The van der Waals surface area contributed by atoms with Gasteiger partial charge in [-0.2, -0.15) is 0 Å². The maximum absolute atomic E-state index is 5.09. The summed E-state index contributed by atoms with van der Waals surface area (Å²) in [7, 11) is 1.61. The highest BCUT2D eigenvalue weighted by molar-refractivity contribution is 9.10. The van der Waals surface area contributed by atoms with Crippen LogP contribution in [0.25, 0.3) is 11.3 Å². The van der Waals surface area contributed by atoms with E-state index in [-0.39, 0.29) is 0 Å². The molecular weight excluding hydrogens is 258 g/mol. The van der Waals surface area contributed by atoms with Crippen molar-refractivity contribution in [2.24, 2.45) is 0 Å². The van der Waals surface area contributed by atoms with Crippen molar-refractivity contribution in [3.05, 3.63) is 35.5 Å². The van der Waals surface area contributed by atoms with E-state index in [0.29, 0.717) is 5.75 Å². The minimum absolute atomic E-state index is 0.710. The minimum Gasteiger partial charge on any atom is -0.495 e. The zero-order chi connectivity index (χ0) is 10.7. The van der Waals surface area contributed by atoms with E-state index in [1.807, 2.05) is 12.1 Å². The third-order valence-electron chi connectivity index (χ3n) is 1.88. The molecule has 0 amide bonds. The summed E-state index contributed by atoms with van der Waals surface area (Å²) < 4.78 is 5.83. The van der Waals surface area contributed by atoms with Crippen molar-refractivity contribution in [3.8, 4) is 17.0 Å². The van der Waals surface area contributed by atoms with Gasteiger partial charge in [-0.25, -0.2) is 9.97 Å². The van der Waals surface area contributed by atoms with Crippen molar-refractivity contribution in [1.29, 1.82) is 0 Å². The van der Waals surface area contributed by atoms with Crippen LogP contribution in [0.5, 0.6) is 5.75 Å². The van der Waals surface area contributed by atoms with Gasteiger partial charge in [0.05, 0.1) is 19.0 Å². The first-order chi connectivity index (χ1) is 7.29. The van der Waals surface area contributed by atoms with Gasteiger partial charge in [0.2, 0.25) is 0 Å². The average Bonchev–Trinajstić information content (AvgIpc) is 2.29. The molecule has 4 nitrogen and oxygen atoms in total. The minimum atomic E-state index is 0.710. The van der Waals surface area contributed by atoms with Crippen LogP contribution in [0.4, 0.5) is 0 Å². The van der Waals surface area contributed by atoms with Gasteiger partial charge in [0.25, 0.3) is 0 Å². The van der Waals surface area contributed by atoms with Gasteiger partial charge in [-0.05, 0) is 28.1 Å². The number of hydrogen-bond donors (Lipinski definition) is 0. The number of halogens is 1. The zero-order valence-electron chi connectivity index (χ0n) is 8.01. The summed E-state index contributed by atoms with van der Waals surface area (Å²) in [5.74, 6) is 0.710. The van der Waals surface area contributed by atoms with Crippen LogP contribution in [0.1, 0.15) is 0 Å². The molecule has 2 aromatic heterocycles. The highest BCUT2D eigenvalue weighted by Crippen LogP contribution is 2.21. The zero-order valence-corrected chi connectivity index (χ0v) is 9.60. The normalized spacial score (nSPS) is 10.0. The summed E-state index contributed by atoms with van der Waals surface area (Å²) in [5.41, 5.74) is 1.71. The maximum Gasteiger partial charge on any atom is 0.137 e. The molecular formula is C10H8BrN3O. The fraction of sp³-hybridized carbons (Fsp3) is 0.100. The van der Waals surface area contributed by atoms with Gasteiger partial charge in [0.1, 0.15) is 16.7 Å². The number of aromatic nitrogens is 3. The second kappa shape index (κ2) is 4.35. The Bertz CT molecular complexity index is 476. The Morgan fingerprint density at radius 3 is 2.80 bits per heavy atom. The lowest BCUT2D eigenvalue weighted by molar-refractivity contribution is 0.413. The van der Waals surface area contributed by atoms with E-state index < -0.39 is 0 Å². The number of ether oxygens (including phenoxy) is 1. The lowest BCUT2D eigenvalue weighted by atomic mass is 10.2. The van der Waals surface area contributed by atoms with Crippen molar-refractivity contribution in [1.82, 2.24) is 15.0 Å². The molecule has 0 saturated heterocycles. The van der Waals surface area contributed by atoms with Crippen LogP contribution in [0.2, 0.25) is 0 Å². The van der Waals surface area contributed by atoms with E-state index in [1.165, 1.54) is 6.33 Å². The average molecular weight is 266 g/mol. The number of nitrogens with zero attached hydrogens (tertiary/aromatic N) is 3. The molecule has 2 aromatic rings. The van der Waals surface area contributed by atoms with Gasteiger partial charge in [0.15, 0.2) is 0 Å². The van der Waals surface area contributed by atoms with Crippen molar-refractivity contribution in [2.75, 3.05) is 7.11 Å². The molecule has 0 spiro atoms. The number of methoxy groups -OCH3 is 1. The van der Waals surface area contributed by atoms with E-state index in [9.17, 15) is 0 Å². The summed E-state index contributed by atoms with van der Waals surface area (Å²) in [6, 6.07) is 3.71. The largest absolute Gasteiger partial charge is 0.495 e. The Morgan fingerprint density at radius 2 is 2.07 bits per heavy atom. The van der Waals surface area contributed by atoms with Crippen molar-refractivity contribution in [2.45, 2.75) is 0 Å². The second-order valence-corrected chi connectivity index (χ2v) is 3.65. The van der Waals surface area contributed by atoms with Crippen molar-refractivity contribution < 1.29 is 4.74 Å². The van der Waals surface area contributed by atoms with Gasteiger partial charge in [0, 0.05) is 11.8 Å². The van der Waals surface area contributed by atoms with E-state index >= 15 is 0 Å². The van der Waals surface area contributed by atoms with Gasteiger partial charge in [-0.3, -0.25) is 4.98 Å². The Balaban J connectivity index is 2.44. The predicted octanol–water partition coefficient (Wildman–Crippen LogP) is 2.31. The lowest BCUT2D eigenvalue weighted by Crippen LogP contribution is -1.89. The summed E-state index contributed by atoms with van der Waals surface area (Å²) in [6.07, 6.45) is 4.88. The first-order valence-corrected chi connectivity index (χ1v) is 5.06. The topological polar surface area (TPSA) is 47.9 Å². The van der Waals surface area contributed by atoms with Crippen LogP contribution in [-0.2, 0) is 0 Å². The summed E-state index contributed by atoms with van der Waals surface area (Å²) in [5, 5.41) is 0. The molecule has 0 fully saturated rings. The molecule has 5 heteroatoms. The molecule has 0 N–H and O–H groups in total. The fourth-order valence-corrected chi connectivity index (χ4v) is 1.47. The molecule has 0 aliphatic rings. The molecule has 0 aliphatic carbocycles. The molecule has 0 aliphatic heterocycles. The summed E-state index contributed by atoms with van der Waals surface area (Å²) >= 11 is 3.29.